The fourth-order valence-electron chi connectivity index (χ4n) is 5.42. The number of furan rings is 1. The van der Waals surface area contributed by atoms with Crippen LogP contribution < -0.4 is 15.4 Å². The third-order valence-corrected chi connectivity index (χ3v) is 7.83. The standard InChI is InChI=1S/C34H30FN3O4/c1-19-16-28(41-4)26(32(39)38-34(14-15-34)29-7-5-6-20(2)37-29)18-24(19)22-10-13-27-25(17-22)30(33(40)36-3)31(42-27)21-8-11-23(35)12-9-21/h5-13,16-18H,14-15H2,1-4H3,(H,36,40)(H,38,39). The number of hydrogen-bond acceptors (Lipinski definition) is 5. The summed E-state index contributed by atoms with van der Waals surface area (Å²) >= 11 is 0. The Hall–Kier alpha value is -4.98. The lowest BCUT2D eigenvalue weighted by Gasteiger charge is -2.20. The first-order valence-electron chi connectivity index (χ1n) is 13.7. The second kappa shape index (κ2) is 10.4. The first-order valence-corrected chi connectivity index (χ1v) is 13.7. The van der Waals surface area contributed by atoms with Gasteiger partial charge in [0.05, 0.1) is 29.5 Å². The highest BCUT2D eigenvalue weighted by atomic mass is 19.1. The fraction of sp³-hybridized carbons (Fsp3) is 0.206. The summed E-state index contributed by atoms with van der Waals surface area (Å²) in [5.41, 5.74) is 5.63. The lowest BCUT2D eigenvalue weighted by atomic mass is 9.95. The number of aromatic nitrogens is 1. The van der Waals surface area contributed by atoms with Crippen molar-refractivity contribution in [2.45, 2.75) is 32.2 Å². The highest BCUT2D eigenvalue weighted by Crippen LogP contribution is 2.45. The number of hydrogen-bond donors (Lipinski definition) is 2. The SMILES string of the molecule is CNC(=O)c1c(-c2ccc(F)cc2)oc2ccc(-c3cc(C(=O)NC4(c5cccc(C)n5)CC4)c(OC)cc3C)cc12. The van der Waals surface area contributed by atoms with Crippen molar-refractivity contribution in [2.24, 2.45) is 0 Å². The molecule has 1 fully saturated rings. The van der Waals surface area contributed by atoms with Crippen LogP contribution in [0, 0.1) is 19.7 Å². The Balaban J connectivity index is 1.42. The van der Waals surface area contributed by atoms with Gasteiger partial charge in [-0.25, -0.2) is 4.39 Å². The van der Waals surface area contributed by atoms with Gasteiger partial charge in [0, 0.05) is 23.7 Å². The quantitative estimate of drug-likeness (QED) is 0.230. The first kappa shape index (κ1) is 27.2. The molecule has 7 nitrogen and oxygen atoms in total. The molecule has 42 heavy (non-hydrogen) atoms. The van der Waals surface area contributed by atoms with Gasteiger partial charge in [0.25, 0.3) is 11.8 Å². The number of halogens is 1. The van der Waals surface area contributed by atoms with Gasteiger partial charge in [-0.2, -0.15) is 0 Å². The molecule has 0 radical (unpaired) electrons. The molecule has 0 spiro atoms. The van der Waals surface area contributed by atoms with Gasteiger partial charge < -0.3 is 19.8 Å². The molecule has 1 aliphatic carbocycles. The number of nitrogens with one attached hydrogen (secondary N) is 2. The molecule has 2 N–H and O–H groups in total. The van der Waals surface area contributed by atoms with Crippen molar-refractivity contribution in [2.75, 3.05) is 14.2 Å². The maximum Gasteiger partial charge on any atom is 0.255 e. The summed E-state index contributed by atoms with van der Waals surface area (Å²) in [7, 11) is 3.10. The number of fused-ring (bicyclic) bond motifs is 1. The maximum atomic E-state index is 13.7. The minimum atomic E-state index is -0.492. The number of aryl methyl sites for hydroxylation is 2. The smallest absolute Gasteiger partial charge is 0.255 e. The number of nitrogens with zero attached hydrogens (tertiary/aromatic N) is 1. The Labute approximate surface area is 242 Å². The minimum absolute atomic E-state index is 0.247. The molecule has 0 saturated heterocycles. The van der Waals surface area contributed by atoms with E-state index in [0.29, 0.717) is 39.2 Å². The van der Waals surface area contributed by atoms with Crippen molar-refractivity contribution >= 4 is 22.8 Å². The zero-order valence-electron chi connectivity index (χ0n) is 23.8. The molecule has 3 aromatic carbocycles. The Bertz CT molecular complexity index is 1860. The molecule has 2 aromatic heterocycles. The molecule has 2 amide bonds. The van der Waals surface area contributed by atoms with Crippen molar-refractivity contribution in [3.8, 4) is 28.2 Å². The van der Waals surface area contributed by atoms with E-state index in [1.807, 2.05) is 56.3 Å². The summed E-state index contributed by atoms with van der Waals surface area (Å²) in [6.07, 6.45) is 1.62. The van der Waals surface area contributed by atoms with Crippen molar-refractivity contribution in [3.63, 3.8) is 0 Å². The predicted octanol–water partition coefficient (Wildman–Crippen LogP) is 6.71. The summed E-state index contributed by atoms with van der Waals surface area (Å²) in [6, 6.07) is 20.9. The zero-order chi connectivity index (χ0) is 29.6. The van der Waals surface area contributed by atoms with Crippen LogP contribution in [0.5, 0.6) is 5.75 Å². The van der Waals surface area contributed by atoms with Crippen LogP contribution in [0.2, 0.25) is 0 Å². The number of ether oxygens (including phenoxy) is 1. The molecular weight excluding hydrogens is 533 g/mol. The van der Waals surface area contributed by atoms with E-state index in [0.717, 1.165) is 40.9 Å². The Morgan fingerprint density at radius 2 is 1.69 bits per heavy atom. The van der Waals surface area contributed by atoms with E-state index < -0.39 is 5.54 Å². The van der Waals surface area contributed by atoms with Gasteiger partial charge >= 0.3 is 0 Å². The van der Waals surface area contributed by atoms with Gasteiger partial charge in [-0.05, 0) is 104 Å². The Kier molecular flexibility index (Phi) is 6.77. The minimum Gasteiger partial charge on any atom is -0.496 e. The third-order valence-electron chi connectivity index (χ3n) is 7.83. The summed E-state index contributed by atoms with van der Waals surface area (Å²) in [5.74, 6) is -0.126. The van der Waals surface area contributed by atoms with E-state index in [2.05, 4.69) is 15.6 Å². The van der Waals surface area contributed by atoms with Crippen molar-refractivity contribution in [1.82, 2.24) is 15.6 Å². The zero-order valence-corrected chi connectivity index (χ0v) is 23.8. The summed E-state index contributed by atoms with van der Waals surface area (Å²) in [5, 5.41) is 6.50. The van der Waals surface area contributed by atoms with Gasteiger partial charge in [-0.3, -0.25) is 14.6 Å². The van der Waals surface area contributed by atoms with Gasteiger partial charge in [-0.15, -0.1) is 0 Å². The highest BCUT2D eigenvalue weighted by Gasteiger charge is 2.47. The van der Waals surface area contributed by atoms with Crippen LogP contribution in [-0.4, -0.2) is 31.0 Å². The van der Waals surface area contributed by atoms with E-state index in [1.54, 1.807) is 32.4 Å². The number of benzene rings is 3. The van der Waals surface area contributed by atoms with Gasteiger partial charge in [0.2, 0.25) is 0 Å². The van der Waals surface area contributed by atoms with Crippen LogP contribution in [0.4, 0.5) is 4.39 Å². The Morgan fingerprint density at radius 1 is 0.952 bits per heavy atom. The van der Waals surface area contributed by atoms with E-state index >= 15 is 0 Å². The topological polar surface area (TPSA) is 93.5 Å². The van der Waals surface area contributed by atoms with E-state index in [4.69, 9.17) is 9.15 Å². The monoisotopic (exact) mass is 563 g/mol. The van der Waals surface area contributed by atoms with E-state index in [1.165, 1.54) is 12.1 Å². The lowest BCUT2D eigenvalue weighted by Crippen LogP contribution is -2.35. The molecular formula is C34H30FN3O4. The van der Waals surface area contributed by atoms with Crippen LogP contribution in [0.1, 0.15) is 50.5 Å². The van der Waals surface area contributed by atoms with Gasteiger partial charge in [0.1, 0.15) is 22.9 Å². The number of pyridine rings is 1. The van der Waals surface area contributed by atoms with Gasteiger partial charge in [0.15, 0.2) is 0 Å². The molecule has 6 rings (SSSR count). The number of carbonyl (C=O) groups is 2. The number of carbonyl (C=O) groups excluding carboxylic acids is 2. The lowest BCUT2D eigenvalue weighted by molar-refractivity contribution is 0.0925. The van der Waals surface area contributed by atoms with Crippen LogP contribution in [-0.2, 0) is 5.54 Å². The number of amides is 2. The molecule has 0 aliphatic heterocycles. The average Bonchev–Trinajstić information content (AvgIpc) is 3.68. The first-order chi connectivity index (χ1) is 20.2. The molecule has 212 valence electrons. The second-order valence-electron chi connectivity index (χ2n) is 10.7. The molecule has 2 heterocycles. The average molecular weight is 564 g/mol. The molecule has 8 heteroatoms. The summed E-state index contributed by atoms with van der Waals surface area (Å²) in [6.45, 7) is 3.88. The van der Waals surface area contributed by atoms with Crippen LogP contribution in [0.25, 0.3) is 33.4 Å². The van der Waals surface area contributed by atoms with E-state index in [9.17, 15) is 14.0 Å². The predicted molar refractivity (Wildman–Crippen MR) is 159 cm³/mol. The Morgan fingerprint density at radius 3 is 2.36 bits per heavy atom. The number of methoxy groups -OCH3 is 1. The molecule has 5 aromatic rings. The second-order valence-corrected chi connectivity index (χ2v) is 10.7. The molecule has 0 bridgehead atoms. The van der Waals surface area contributed by atoms with Crippen LogP contribution >= 0.6 is 0 Å². The van der Waals surface area contributed by atoms with E-state index in [-0.39, 0.29) is 17.6 Å². The number of rotatable bonds is 7. The molecule has 1 aliphatic rings. The largest absolute Gasteiger partial charge is 0.496 e. The molecule has 0 unspecified atom stereocenters. The van der Waals surface area contributed by atoms with Crippen molar-refractivity contribution in [1.29, 1.82) is 0 Å². The van der Waals surface area contributed by atoms with Crippen molar-refractivity contribution in [3.05, 3.63) is 107 Å². The van der Waals surface area contributed by atoms with Crippen LogP contribution in [0.15, 0.2) is 77.2 Å². The molecule has 1 saturated carbocycles. The van der Waals surface area contributed by atoms with Gasteiger partial charge in [-0.1, -0.05) is 12.1 Å². The highest BCUT2D eigenvalue weighted by molar-refractivity contribution is 6.12. The maximum absolute atomic E-state index is 13.7. The third kappa shape index (κ3) is 4.79. The summed E-state index contributed by atoms with van der Waals surface area (Å²) in [4.78, 5) is 31.4. The van der Waals surface area contributed by atoms with Crippen molar-refractivity contribution < 1.29 is 23.1 Å². The molecule has 0 atom stereocenters. The summed E-state index contributed by atoms with van der Waals surface area (Å²) < 4.78 is 25.3. The van der Waals surface area contributed by atoms with Crippen LogP contribution in [0.3, 0.4) is 0 Å². The fourth-order valence-corrected chi connectivity index (χ4v) is 5.42. The normalized spacial score (nSPS) is 13.5.